The number of carbonyl (C=O) groups excluding carboxylic acids is 1. The van der Waals surface area contributed by atoms with Crippen LogP contribution in [0.2, 0.25) is 0 Å². The lowest BCUT2D eigenvalue weighted by Crippen LogP contribution is -2.44. The average Bonchev–Trinajstić information content (AvgIpc) is 3.32. The van der Waals surface area contributed by atoms with E-state index in [-0.39, 0.29) is 5.91 Å². The van der Waals surface area contributed by atoms with Crippen molar-refractivity contribution in [3.63, 3.8) is 0 Å². The first-order valence-corrected chi connectivity index (χ1v) is 10.1. The monoisotopic (exact) mass is 392 g/mol. The number of carbonyl (C=O) groups is 1. The summed E-state index contributed by atoms with van der Waals surface area (Å²) in [5, 5.41) is 4.90. The SMILES string of the molecule is CN1CCN(c2nc3ccc(NC(=O)c4cc5ccccc5o4)cc3s2)CC1. The van der Waals surface area contributed by atoms with E-state index in [0.29, 0.717) is 11.3 Å². The molecule has 6 nitrogen and oxygen atoms in total. The van der Waals surface area contributed by atoms with Crippen molar-refractivity contribution in [3.05, 3.63) is 54.3 Å². The lowest BCUT2D eigenvalue weighted by molar-refractivity contribution is 0.0998. The van der Waals surface area contributed by atoms with E-state index in [1.54, 1.807) is 17.4 Å². The van der Waals surface area contributed by atoms with Crippen LogP contribution in [0.4, 0.5) is 10.8 Å². The normalized spacial score (nSPS) is 15.4. The van der Waals surface area contributed by atoms with Crippen LogP contribution in [0.15, 0.2) is 52.9 Å². The predicted molar refractivity (Wildman–Crippen MR) is 113 cm³/mol. The van der Waals surface area contributed by atoms with Gasteiger partial charge in [-0.2, -0.15) is 0 Å². The second kappa shape index (κ2) is 6.92. The third kappa shape index (κ3) is 3.23. The summed E-state index contributed by atoms with van der Waals surface area (Å²) < 4.78 is 6.72. The van der Waals surface area contributed by atoms with E-state index in [4.69, 9.17) is 9.40 Å². The first-order chi connectivity index (χ1) is 13.7. The molecular weight excluding hydrogens is 372 g/mol. The van der Waals surface area contributed by atoms with Crippen molar-refractivity contribution in [2.75, 3.05) is 43.4 Å². The zero-order valence-electron chi connectivity index (χ0n) is 15.5. The molecule has 1 saturated heterocycles. The number of piperazine rings is 1. The summed E-state index contributed by atoms with van der Waals surface area (Å²) in [6, 6.07) is 15.2. The second-order valence-electron chi connectivity index (χ2n) is 7.07. The van der Waals surface area contributed by atoms with Crippen molar-refractivity contribution in [3.8, 4) is 0 Å². The molecule has 0 spiro atoms. The van der Waals surface area contributed by atoms with Crippen LogP contribution in [0.1, 0.15) is 10.6 Å². The molecule has 2 aromatic heterocycles. The summed E-state index contributed by atoms with van der Waals surface area (Å²) in [6.45, 7) is 4.08. The van der Waals surface area contributed by atoms with Crippen molar-refractivity contribution >= 4 is 49.2 Å². The molecule has 1 aliphatic heterocycles. The Labute approximate surface area is 166 Å². The molecule has 0 atom stereocenters. The molecule has 0 bridgehead atoms. The molecule has 7 heteroatoms. The molecule has 0 unspecified atom stereocenters. The maximum atomic E-state index is 12.6. The standard InChI is InChI=1S/C21H20N4O2S/c1-24-8-10-25(11-9-24)21-23-16-7-6-15(13-19(16)28-21)22-20(26)18-12-14-4-2-3-5-17(14)27-18/h2-7,12-13H,8-11H2,1H3,(H,22,26). The molecule has 1 aliphatic rings. The van der Waals surface area contributed by atoms with Crippen molar-refractivity contribution in [1.82, 2.24) is 9.88 Å². The zero-order valence-corrected chi connectivity index (χ0v) is 16.3. The highest BCUT2D eigenvalue weighted by atomic mass is 32.1. The Hall–Kier alpha value is -2.90. The fourth-order valence-electron chi connectivity index (χ4n) is 3.41. The molecule has 0 saturated carbocycles. The van der Waals surface area contributed by atoms with E-state index in [1.807, 2.05) is 42.5 Å². The Bertz CT molecular complexity index is 1120. The van der Waals surface area contributed by atoms with Gasteiger partial charge < -0.3 is 19.5 Å². The maximum Gasteiger partial charge on any atom is 0.291 e. The Balaban J connectivity index is 1.36. The minimum atomic E-state index is -0.251. The van der Waals surface area contributed by atoms with Crippen LogP contribution in [-0.4, -0.2) is 49.0 Å². The van der Waals surface area contributed by atoms with E-state index in [9.17, 15) is 4.79 Å². The zero-order chi connectivity index (χ0) is 19.1. The molecule has 1 amide bonds. The number of hydrogen-bond acceptors (Lipinski definition) is 6. The van der Waals surface area contributed by atoms with Gasteiger partial charge in [-0.15, -0.1) is 0 Å². The van der Waals surface area contributed by atoms with Crippen LogP contribution in [0, 0.1) is 0 Å². The third-order valence-corrected chi connectivity index (χ3v) is 6.14. The third-order valence-electron chi connectivity index (χ3n) is 5.06. The van der Waals surface area contributed by atoms with Gasteiger partial charge in [-0.05, 0) is 37.4 Å². The Morgan fingerprint density at radius 1 is 1.11 bits per heavy atom. The van der Waals surface area contributed by atoms with E-state index >= 15 is 0 Å². The summed E-state index contributed by atoms with van der Waals surface area (Å²) in [4.78, 5) is 22.0. The first kappa shape index (κ1) is 17.2. The Morgan fingerprint density at radius 2 is 1.93 bits per heavy atom. The summed E-state index contributed by atoms with van der Waals surface area (Å²) in [6.07, 6.45) is 0. The Morgan fingerprint density at radius 3 is 2.75 bits per heavy atom. The molecule has 1 fully saturated rings. The number of anilines is 2. The minimum Gasteiger partial charge on any atom is -0.451 e. The Kier molecular flexibility index (Phi) is 4.26. The lowest BCUT2D eigenvalue weighted by atomic mass is 10.2. The van der Waals surface area contributed by atoms with Crippen molar-refractivity contribution < 1.29 is 9.21 Å². The van der Waals surface area contributed by atoms with Gasteiger partial charge in [0.1, 0.15) is 5.58 Å². The number of thiazole rings is 1. The summed E-state index contributed by atoms with van der Waals surface area (Å²) in [5.74, 6) is 0.0584. The van der Waals surface area contributed by atoms with Crippen LogP contribution in [0.25, 0.3) is 21.2 Å². The fraction of sp³-hybridized carbons (Fsp3) is 0.238. The highest BCUT2D eigenvalue weighted by molar-refractivity contribution is 7.22. The molecule has 5 rings (SSSR count). The molecule has 142 valence electrons. The van der Waals surface area contributed by atoms with Gasteiger partial charge in [0.05, 0.1) is 10.2 Å². The molecule has 3 heterocycles. The molecule has 2 aromatic carbocycles. The number of nitrogens with zero attached hydrogens (tertiary/aromatic N) is 3. The fourth-order valence-corrected chi connectivity index (χ4v) is 4.47. The average molecular weight is 392 g/mol. The summed E-state index contributed by atoms with van der Waals surface area (Å²) in [7, 11) is 2.15. The van der Waals surface area contributed by atoms with Gasteiger partial charge in [0.15, 0.2) is 10.9 Å². The maximum absolute atomic E-state index is 12.6. The smallest absolute Gasteiger partial charge is 0.291 e. The largest absolute Gasteiger partial charge is 0.451 e. The summed E-state index contributed by atoms with van der Waals surface area (Å²) >= 11 is 1.67. The van der Waals surface area contributed by atoms with E-state index in [1.165, 1.54) is 0 Å². The van der Waals surface area contributed by atoms with Crippen LogP contribution < -0.4 is 10.2 Å². The molecule has 28 heavy (non-hydrogen) atoms. The van der Waals surface area contributed by atoms with Crippen LogP contribution in [-0.2, 0) is 0 Å². The van der Waals surface area contributed by atoms with E-state index in [0.717, 1.165) is 52.6 Å². The number of aromatic nitrogens is 1. The van der Waals surface area contributed by atoms with Gasteiger partial charge >= 0.3 is 0 Å². The molecular formula is C21H20N4O2S. The van der Waals surface area contributed by atoms with Gasteiger partial charge in [0.25, 0.3) is 5.91 Å². The number of fused-ring (bicyclic) bond motifs is 2. The topological polar surface area (TPSA) is 61.6 Å². The van der Waals surface area contributed by atoms with Gasteiger partial charge in [-0.1, -0.05) is 29.5 Å². The highest BCUT2D eigenvalue weighted by Crippen LogP contribution is 2.31. The van der Waals surface area contributed by atoms with E-state index in [2.05, 4.69) is 22.2 Å². The number of furan rings is 1. The van der Waals surface area contributed by atoms with Gasteiger partial charge in [0, 0.05) is 37.3 Å². The second-order valence-corrected chi connectivity index (χ2v) is 8.08. The number of likely N-dealkylation sites (N-methyl/N-ethyl adjacent to an activating group) is 1. The number of para-hydroxylation sites is 1. The first-order valence-electron chi connectivity index (χ1n) is 9.30. The summed E-state index contributed by atoms with van der Waals surface area (Å²) in [5.41, 5.74) is 2.41. The molecule has 0 radical (unpaired) electrons. The van der Waals surface area contributed by atoms with E-state index < -0.39 is 0 Å². The number of hydrogen-bond donors (Lipinski definition) is 1. The van der Waals surface area contributed by atoms with Gasteiger partial charge in [-0.3, -0.25) is 4.79 Å². The lowest BCUT2D eigenvalue weighted by Gasteiger charge is -2.31. The van der Waals surface area contributed by atoms with Gasteiger partial charge in [-0.25, -0.2) is 4.98 Å². The predicted octanol–water partition coefficient (Wildman–Crippen LogP) is 4.05. The highest BCUT2D eigenvalue weighted by Gasteiger charge is 2.18. The number of rotatable bonds is 3. The quantitative estimate of drug-likeness (QED) is 0.570. The number of nitrogens with one attached hydrogen (secondary N) is 1. The van der Waals surface area contributed by atoms with Crippen LogP contribution >= 0.6 is 11.3 Å². The van der Waals surface area contributed by atoms with Crippen LogP contribution in [0.3, 0.4) is 0 Å². The van der Waals surface area contributed by atoms with Crippen molar-refractivity contribution in [2.24, 2.45) is 0 Å². The molecule has 1 N–H and O–H groups in total. The number of benzene rings is 2. The number of amides is 1. The van der Waals surface area contributed by atoms with Crippen molar-refractivity contribution in [2.45, 2.75) is 0 Å². The molecule has 0 aliphatic carbocycles. The van der Waals surface area contributed by atoms with Crippen molar-refractivity contribution in [1.29, 1.82) is 0 Å². The molecule has 4 aromatic rings. The minimum absolute atomic E-state index is 0.251. The van der Waals surface area contributed by atoms with Gasteiger partial charge in [0.2, 0.25) is 0 Å². The van der Waals surface area contributed by atoms with Crippen LogP contribution in [0.5, 0.6) is 0 Å².